The van der Waals surface area contributed by atoms with Gasteiger partial charge in [0.25, 0.3) is 5.91 Å². The lowest BCUT2D eigenvalue weighted by molar-refractivity contribution is 0.0952. The number of carbonyl (C=O) groups excluding carboxylic acids is 1. The molecule has 4 aromatic rings. The summed E-state index contributed by atoms with van der Waals surface area (Å²) in [5.74, 6) is 0.0507. The van der Waals surface area contributed by atoms with Crippen LogP contribution >= 0.6 is 0 Å². The van der Waals surface area contributed by atoms with E-state index < -0.39 is 16.0 Å². The average Bonchev–Trinajstić information content (AvgIpc) is 2.84. The number of nitrogens with zero attached hydrogens (tertiary/aromatic N) is 1. The van der Waals surface area contributed by atoms with E-state index in [9.17, 15) is 13.2 Å². The highest BCUT2D eigenvalue weighted by molar-refractivity contribution is 7.87. The fraction of sp³-hybridized carbons (Fsp3) is 0.0769. The van der Waals surface area contributed by atoms with Crippen molar-refractivity contribution < 1.29 is 22.1 Å². The van der Waals surface area contributed by atoms with Gasteiger partial charge in [0.05, 0.1) is 18.9 Å². The number of amides is 1. The largest absolute Gasteiger partial charge is 0.496 e. The lowest BCUT2D eigenvalue weighted by atomic mass is 10.1. The van der Waals surface area contributed by atoms with Crippen LogP contribution in [-0.4, -0.2) is 27.6 Å². The second-order valence-corrected chi connectivity index (χ2v) is 9.03. The third-order valence-corrected chi connectivity index (χ3v) is 6.33. The van der Waals surface area contributed by atoms with Crippen molar-refractivity contribution in [3.05, 3.63) is 102 Å². The second kappa shape index (κ2) is 9.76. The first kappa shape index (κ1) is 23.0. The smallest absolute Gasteiger partial charge is 0.339 e. The molecule has 0 aliphatic heterocycles. The molecule has 0 heterocycles. The van der Waals surface area contributed by atoms with Crippen LogP contribution < -0.4 is 14.3 Å². The molecule has 172 valence electrons. The van der Waals surface area contributed by atoms with Crippen LogP contribution in [0.4, 0.5) is 0 Å². The standard InChI is InChI=1S/C26H22N2O5S/c1-18-11-14-23(25(15-18)32-2)26(29)28-27-17-21-9-5-6-10-24(21)33-34(30,31)22-13-12-19-7-3-4-8-20(19)16-22/h3-17H,1-2H3,(H,28,29)/b27-17-. The van der Waals surface area contributed by atoms with Gasteiger partial charge in [-0.15, -0.1) is 0 Å². The van der Waals surface area contributed by atoms with Gasteiger partial charge in [0, 0.05) is 5.56 Å². The van der Waals surface area contributed by atoms with Crippen LogP contribution in [0.2, 0.25) is 0 Å². The van der Waals surface area contributed by atoms with Crippen molar-refractivity contribution in [2.24, 2.45) is 5.10 Å². The minimum Gasteiger partial charge on any atom is -0.496 e. The molecule has 0 unspecified atom stereocenters. The summed E-state index contributed by atoms with van der Waals surface area (Å²) in [7, 11) is -2.61. The van der Waals surface area contributed by atoms with Crippen LogP contribution in [0.5, 0.6) is 11.5 Å². The van der Waals surface area contributed by atoms with E-state index in [1.165, 1.54) is 25.5 Å². The lowest BCUT2D eigenvalue weighted by Gasteiger charge is -2.10. The van der Waals surface area contributed by atoms with Gasteiger partial charge in [-0.3, -0.25) is 4.79 Å². The number of nitrogens with one attached hydrogen (secondary N) is 1. The number of hydrogen-bond donors (Lipinski definition) is 1. The summed E-state index contributed by atoms with van der Waals surface area (Å²) in [6.45, 7) is 1.89. The predicted molar refractivity (Wildman–Crippen MR) is 131 cm³/mol. The van der Waals surface area contributed by atoms with Crippen molar-refractivity contribution in [1.82, 2.24) is 5.43 Å². The van der Waals surface area contributed by atoms with Crippen molar-refractivity contribution >= 4 is 33.0 Å². The van der Waals surface area contributed by atoms with E-state index in [0.717, 1.165) is 16.3 Å². The Morgan fingerprint density at radius 1 is 0.882 bits per heavy atom. The number of benzene rings is 4. The number of carbonyl (C=O) groups is 1. The van der Waals surface area contributed by atoms with E-state index in [-0.39, 0.29) is 10.6 Å². The summed E-state index contributed by atoms with van der Waals surface area (Å²) in [6.07, 6.45) is 1.32. The molecule has 0 saturated heterocycles. The quantitative estimate of drug-likeness (QED) is 0.238. The van der Waals surface area contributed by atoms with E-state index in [1.807, 2.05) is 31.2 Å². The summed E-state index contributed by atoms with van der Waals surface area (Å²) in [6, 6.07) is 24.0. The molecule has 0 spiro atoms. The van der Waals surface area contributed by atoms with Gasteiger partial charge in [-0.05, 0) is 59.7 Å². The second-order valence-electron chi connectivity index (χ2n) is 7.49. The zero-order valence-electron chi connectivity index (χ0n) is 18.6. The molecule has 0 radical (unpaired) electrons. The zero-order valence-corrected chi connectivity index (χ0v) is 19.4. The molecule has 34 heavy (non-hydrogen) atoms. The molecule has 8 heteroatoms. The highest BCUT2D eigenvalue weighted by atomic mass is 32.2. The molecule has 0 aliphatic carbocycles. The molecule has 1 amide bonds. The Labute approximate surface area is 197 Å². The van der Waals surface area contributed by atoms with Gasteiger partial charge < -0.3 is 8.92 Å². The highest BCUT2D eigenvalue weighted by Crippen LogP contribution is 2.25. The number of aryl methyl sites for hydroxylation is 1. The average molecular weight is 475 g/mol. The van der Waals surface area contributed by atoms with Crippen LogP contribution in [-0.2, 0) is 10.1 Å². The maximum atomic E-state index is 12.9. The van der Waals surface area contributed by atoms with E-state index in [0.29, 0.717) is 16.9 Å². The third kappa shape index (κ3) is 5.07. The Hall–Kier alpha value is -4.17. The summed E-state index contributed by atoms with van der Waals surface area (Å²) >= 11 is 0. The SMILES string of the molecule is COc1cc(C)ccc1C(=O)N/N=C\c1ccccc1OS(=O)(=O)c1ccc2ccccc2c1. The summed E-state index contributed by atoms with van der Waals surface area (Å²) < 4.78 is 36.5. The molecule has 0 aromatic heterocycles. The third-order valence-electron chi connectivity index (χ3n) is 5.10. The first-order valence-electron chi connectivity index (χ1n) is 10.4. The Bertz CT molecular complexity index is 1500. The highest BCUT2D eigenvalue weighted by Gasteiger charge is 2.19. The number of ether oxygens (including phenoxy) is 1. The normalized spacial score (nSPS) is 11.5. The molecule has 0 aliphatic rings. The van der Waals surface area contributed by atoms with Crippen molar-refractivity contribution in [2.45, 2.75) is 11.8 Å². The molecule has 0 atom stereocenters. The monoisotopic (exact) mass is 474 g/mol. The number of rotatable bonds is 7. The first-order chi connectivity index (χ1) is 16.4. The molecule has 1 N–H and O–H groups in total. The molecule has 0 bridgehead atoms. The van der Waals surface area contributed by atoms with Gasteiger partial charge in [0.1, 0.15) is 10.6 Å². The Balaban J connectivity index is 1.53. The zero-order chi connectivity index (χ0) is 24.1. The maximum absolute atomic E-state index is 12.9. The number of para-hydroxylation sites is 1. The number of methoxy groups -OCH3 is 1. The van der Waals surface area contributed by atoms with Gasteiger partial charge in [0.15, 0.2) is 5.75 Å². The molecule has 4 rings (SSSR count). The van der Waals surface area contributed by atoms with Crippen LogP contribution in [0, 0.1) is 6.92 Å². The van der Waals surface area contributed by atoms with Crippen molar-refractivity contribution in [2.75, 3.05) is 7.11 Å². The van der Waals surface area contributed by atoms with Gasteiger partial charge in [0.2, 0.25) is 0 Å². The lowest BCUT2D eigenvalue weighted by Crippen LogP contribution is -2.18. The predicted octanol–water partition coefficient (Wildman–Crippen LogP) is 4.69. The van der Waals surface area contributed by atoms with Gasteiger partial charge in [-0.2, -0.15) is 13.5 Å². The fourth-order valence-corrected chi connectivity index (χ4v) is 4.35. The molecular weight excluding hydrogens is 452 g/mol. The fourth-order valence-electron chi connectivity index (χ4n) is 3.36. The first-order valence-corrected chi connectivity index (χ1v) is 11.8. The van der Waals surface area contributed by atoms with Gasteiger partial charge in [-0.1, -0.05) is 48.5 Å². The Morgan fingerprint density at radius 2 is 1.62 bits per heavy atom. The Morgan fingerprint density at radius 3 is 2.41 bits per heavy atom. The maximum Gasteiger partial charge on any atom is 0.339 e. The van der Waals surface area contributed by atoms with Gasteiger partial charge >= 0.3 is 10.1 Å². The van der Waals surface area contributed by atoms with Gasteiger partial charge in [-0.25, -0.2) is 5.43 Å². The van der Waals surface area contributed by atoms with E-state index in [1.54, 1.807) is 48.5 Å². The van der Waals surface area contributed by atoms with Crippen LogP contribution in [0.3, 0.4) is 0 Å². The van der Waals surface area contributed by atoms with Crippen molar-refractivity contribution in [1.29, 1.82) is 0 Å². The molecular formula is C26H22N2O5S. The number of hydrazone groups is 1. The molecule has 4 aromatic carbocycles. The van der Waals surface area contributed by atoms with E-state index in [4.69, 9.17) is 8.92 Å². The Kier molecular flexibility index (Phi) is 6.60. The number of fused-ring (bicyclic) bond motifs is 1. The van der Waals surface area contributed by atoms with Crippen molar-refractivity contribution in [3.8, 4) is 11.5 Å². The summed E-state index contributed by atoms with van der Waals surface area (Å²) in [4.78, 5) is 12.5. The molecule has 7 nitrogen and oxygen atoms in total. The summed E-state index contributed by atoms with van der Waals surface area (Å²) in [5, 5.41) is 5.68. The number of hydrogen-bond acceptors (Lipinski definition) is 6. The minimum atomic E-state index is -4.09. The summed E-state index contributed by atoms with van der Waals surface area (Å²) in [5.41, 5.74) is 4.09. The van der Waals surface area contributed by atoms with Crippen LogP contribution in [0.1, 0.15) is 21.5 Å². The minimum absolute atomic E-state index is 0.0395. The van der Waals surface area contributed by atoms with E-state index in [2.05, 4.69) is 10.5 Å². The molecule has 0 saturated carbocycles. The van der Waals surface area contributed by atoms with Crippen LogP contribution in [0.15, 0.2) is 94.9 Å². The molecule has 0 fully saturated rings. The topological polar surface area (TPSA) is 94.1 Å². The van der Waals surface area contributed by atoms with Crippen LogP contribution in [0.25, 0.3) is 10.8 Å². The van der Waals surface area contributed by atoms with Crippen molar-refractivity contribution in [3.63, 3.8) is 0 Å². The van der Waals surface area contributed by atoms with E-state index >= 15 is 0 Å².